The summed E-state index contributed by atoms with van der Waals surface area (Å²) in [6, 6.07) is 14.3. The largest absolute Gasteiger partial charge is 0.384 e. The third-order valence-corrected chi connectivity index (χ3v) is 6.46. The lowest BCUT2D eigenvalue weighted by molar-refractivity contribution is -0.132. The molecule has 1 saturated heterocycles. The number of amides is 1. The molecule has 0 radical (unpaired) electrons. The van der Waals surface area contributed by atoms with E-state index < -0.39 is 0 Å². The fourth-order valence-electron chi connectivity index (χ4n) is 3.55. The number of pyridine rings is 1. The second-order valence-electron chi connectivity index (χ2n) is 6.88. The van der Waals surface area contributed by atoms with Crippen LogP contribution in [0, 0.1) is 5.82 Å². The summed E-state index contributed by atoms with van der Waals surface area (Å²) in [5.74, 6) is 0.545. The first-order chi connectivity index (χ1) is 14.1. The molecule has 29 heavy (non-hydrogen) atoms. The molecule has 150 valence electrons. The molecule has 1 N–H and O–H groups in total. The number of thioether (sulfide) groups is 1. The molecule has 4 nitrogen and oxygen atoms in total. The monoisotopic (exact) mass is 429 g/mol. The van der Waals surface area contributed by atoms with Crippen molar-refractivity contribution in [3.8, 4) is 0 Å². The van der Waals surface area contributed by atoms with Gasteiger partial charge in [-0.05, 0) is 36.8 Å². The molecule has 1 atom stereocenters. The van der Waals surface area contributed by atoms with Crippen molar-refractivity contribution >= 4 is 45.9 Å². The number of halogens is 2. The van der Waals surface area contributed by atoms with Gasteiger partial charge in [0.15, 0.2) is 0 Å². The summed E-state index contributed by atoms with van der Waals surface area (Å²) in [5.41, 5.74) is 2.40. The van der Waals surface area contributed by atoms with Gasteiger partial charge >= 0.3 is 0 Å². The summed E-state index contributed by atoms with van der Waals surface area (Å²) in [6.45, 7) is 1.27. The van der Waals surface area contributed by atoms with Gasteiger partial charge in [0, 0.05) is 53.1 Å². The van der Waals surface area contributed by atoms with Crippen LogP contribution in [0.4, 0.5) is 10.1 Å². The predicted octanol–water partition coefficient (Wildman–Crippen LogP) is 5.49. The van der Waals surface area contributed by atoms with Gasteiger partial charge in [0.05, 0.1) is 5.52 Å². The summed E-state index contributed by atoms with van der Waals surface area (Å²) in [7, 11) is 0. The number of carbonyl (C=O) groups excluding carboxylic acids is 1. The van der Waals surface area contributed by atoms with Crippen LogP contribution in [0.1, 0.15) is 23.8 Å². The maximum absolute atomic E-state index is 14.3. The Morgan fingerprint density at radius 2 is 2.10 bits per heavy atom. The standard InChI is InChI=1S/C22H21ClFN3OS/c23-15-6-7-17-19(8-11-26-20(17)14-15)25-10-3-12-27-21(28)9-13-29-22(27)16-4-1-2-5-18(16)24/h1-2,4-8,11,14,22H,3,9-10,12-13H2,(H,25,26). The fourth-order valence-corrected chi connectivity index (χ4v) is 5.00. The van der Waals surface area contributed by atoms with Gasteiger partial charge in [-0.2, -0.15) is 0 Å². The zero-order chi connectivity index (χ0) is 20.2. The number of rotatable bonds is 6. The Morgan fingerprint density at radius 1 is 1.24 bits per heavy atom. The molecule has 0 saturated carbocycles. The van der Waals surface area contributed by atoms with Crippen LogP contribution >= 0.6 is 23.4 Å². The summed E-state index contributed by atoms with van der Waals surface area (Å²) in [6.07, 6.45) is 3.01. The lowest BCUT2D eigenvalue weighted by Gasteiger charge is -2.35. The molecule has 7 heteroatoms. The van der Waals surface area contributed by atoms with Crippen molar-refractivity contribution in [2.75, 3.05) is 24.2 Å². The predicted molar refractivity (Wildman–Crippen MR) is 118 cm³/mol. The van der Waals surface area contributed by atoms with Crippen LogP contribution in [0.2, 0.25) is 5.02 Å². The van der Waals surface area contributed by atoms with Gasteiger partial charge in [-0.25, -0.2) is 4.39 Å². The minimum Gasteiger partial charge on any atom is -0.384 e. The smallest absolute Gasteiger partial charge is 0.224 e. The Labute approximate surface area is 178 Å². The lowest BCUT2D eigenvalue weighted by atomic mass is 10.1. The summed E-state index contributed by atoms with van der Waals surface area (Å²) < 4.78 is 14.3. The third-order valence-electron chi connectivity index (χ3n) is 4.96. The van der Waals surface area contributed by atoms with Crippen LogP contribution in [0.25, 0.3) is 10.9 Å². The molecule has 1 fully saturated rings. The van der Waals surface area contributed by atoms with Gasteiger partial charge < -0.3 is 10.2 Å². The Morgan fingerprint density at radius 3 is 2.97 bits per heavy atom. The average molecular weight is 430 g/mol. The minimum atomic E-state index is -0.263. The molecule has 1 aliphatic heterocycles. The van der Waals surface area contributed by atoms with Crippen molar-refractivity contribution in [3.05, 3.63) is 71.1 Å². The van der Waals surface area contributed by atoms with Crippen LogP contribution < -0.4 is 5.32 Å². The molecule has 0 spiro atoms. The first kappa shape index (κ1) is 20.0. The maximum Gasteiger partial charge on any atom is 0.224 e. The average Bonchev–Trinajstić information content (AvgIpc) is 2.72. The zero-order valence-electron chi connectivity index (χ0n) is 15.8. The topological polar surface area (TPSA) is 45.2 Å². The quantitative estimate of drug-likeness (QED) is 0.526. The van der Waals surface area contributed by atoms with E-state index >= 15 is 0 Å². The van der Waals surface area contributed by atoms with E-state index in [9.17, 15) is 9.18 Å². The van der Waals surface area contributed by atoms with Gasteiger partial charge in [0.25, 0.3) is 0 Å². The lowest BCUT2D eigenvalue weighted by Crippen LogP contribution is -2.38. The van der Waals surface area contributed by atoms with Gasteiger partial charge in [-0.15, -0.1) is 11.8 Å². The minimum absolute atomic E-state index is 0.0843. The molecular weight excluding hydrogens is 409 g/mol. The molecular formula is C22H21ClFN3OS. The molecule has 3 aromatic rings. The molecule has 1 unspecified atom stereocenters. The normalized spacial score (nSPS) is 17.0. The second kappa shape index (κ2) is 9.01. The van der Waals surface area contributed by atoms with Crippen molar-refractivity contribution in [3.63, 3.8) is 0 Å². The number of fused-ring (bicyclic) bond motifs is 1. The number of hydrogen-bond acceptors (Lipinski definition) is 4. The van der Waals surface area contributed by atoms with E-state index in [0.717, 1.165) is 28.8 Å². The van der Waals surface area contributed by atoms with E-state index in [2.05, 4.69) is 10.3 Å². The summed E-state index contributed by atoms with van der Waals surface area (Å²) >= 11 is 7.67. The Bertz CT molecular complexity index is 1030. The highest BCUT2D eigenvalue weighted by atomic mass is 35.5. The Balaban J connectivity index is 1.41. The van der Waals surface area contributed by atoms with Crippen molar-refractivity contribution in [1.82, 2.24) is 9.88 Å². The number of carbonyl (C=O) groups is 1. The van der Waals surface area contributed by atoms with E-state index in [1.165, 1.54) is 6.07 Å². The molecule has 2 heterocycles. The molecule has 2 aromatic carbocycles. The van der Waals surface area contributed by atoms with Crippen LogP contribution in [-0.2, 0) is 4.79 Å². The van der Waals surface area contributed by atoms with Gasteiger partial charge in [-0.3, -0.25) is 9.78 Å². The van der Waals surface area contributed by atoms with Gasteiger partial charge in [-0.1, -0.05) is 29.8 Å². The van der Waals surface area contributed by atoms with E-state index in [4.69, 9.17) is 11.6 Å². The summed E-state index contributed by atoms with van der Waals surface area (Å²) in [4.78, 5) is 18.7. The van der Waals surface area contributed by atoms with Crippen LogP contribution in [0.5, 0.6) is 0 Å². The van der Waals surface area contributed by atoms with Gasteiger partial charge in [0.2, 0.25) is 5.91 Å². The van der Waals surface area contributed by atoms with Crippen molar-refractivity contribution < 1.29 is 9.18 Å². The first-order valence-electron chi connectivity index (χ1n) is 9.57. The molecule has 1 aromatic heterocycles. The Hall–Kier alpha value is -2.31. The van der Waals surface area contributed by atoms with Crippen molar-refractivity contribution in [2.45, 2.75) is 18.2 Å². The molecule has 1 aliphatic rings. The van der Waals surface area contributed by atoms with Crippen molar-refractivity contribution in [2.24, 2.45) is 0 Å². The maximum atomic E-state index is 14.3. The molecule has 1 amide bonds. The van der Waals surface area contributed by atoms with Crippen LogP contribution in [0.15, 0.2) is 54.7 Å². The van der Waals surface area contributed by atoms with E-state index in [1.807, 2.05) is 30.3 Å². The molecule has 4 rings (SSSR count). The summed E-state index contributed by atoms with van der Waals surface area (Å²) in [5, 5.41) is 4.82. The number of hydrogen-bond donors (Lipinski definition) is 1. The SMILES string of the molecule is O=C1CCSC(c2ccccc2F)N1CCCNc1ccnc2cc(Cl)ccc12. The second-order valence-corrected chi connectivity index (χ2v) is 8.51. The highest BCUT2D eigenvalue weighted by molar-refractivity contribution is 7.99. The van der Waals surface area contributed by atoms with Gasteiger partial charge in [0.1, 0.15) is 11.2 Å². The van der Waals surface area contributed by atoms with Crippen molar-refractivity contribution in [1.29, 1.82) is 0 Å². The number of nitrogens with zero attached hydrogens (tertiary/aromatic N) is 2. The third kappa shape index (κ3) is 4.49. The highest BCUT2D eigenvalue weighted by Gasteiger charge is 2.30. The Kier molecular flexibility index (Phi) is 6.21. The van der Waals surface area contributed by atoms with E-state index in [1.54, 1.807) is 35.0 Å². The van der Waals surface area contributed by atoms with E-state index in [0.29, 0.717) is 30.1 Å². The number of nitrogens with one attached hydrogen (secondary N) is 1. The van der Waals surface area contributed by atoms with E-state index in [-0.39, 0.29) is 17.1 Å². The number of aromatic nitrogens is 1. The fraction of sp³-hybridized carbons (Fsp3) is 0.273. The highest BCUT2D eigenvalue weighted by Crippen LogP contribution is 2.38. The van der Waals surface area contributed by atoms with Crippen LogP contribution in [0.3, 0.4) is 0 Å². The zero-order valence-corrected chi connectivity index (χ0v) is 17.3. The molecule has 0 bridgehead atoms. The number of anilines is 1. The number of benzene rings is 2. The molecule has 0 aliphatic carbocycles. The van der Waals surface area contributed by atoms with Crippen LogP contribution in [-0.4, -0.2) is 34.6 Å². The first-order valence-corrected chi connectivity index (χ1v) is 11.0.